The van der Waals surface area contributed by atoms with Gasteiger partial charge >= 0.3 is 6.16 Å². The highest BCUT2D eigenvalue weighted by Crippen LogP contribution is 2.39. The molecule has 0 unspecified atom stereocenters. The van der Waals surface area contributed by atoms with Gasteiger partial charge in [0, 0.05) is 11.3 Å². The summed E-state index contributed by atoms with van der Waals surface area (Å²) in [6.45, 7) is 4.28. The largest absolute Gasteiger partial charge is 0.513 e. The molecule has 0 atom stereocenters. The summed E-state index contributed by atoms with van der Waals surface area (Å²) in [4.78, 5) is 11.7. The van der Waals surface area contributed by atoms with Gasteiger partial charge in [-0.15, -0.1) is 0 Å². The summed E-state index contributed by atoms with van der Waals surface area (Å²) in [6.07, 6.45) is 5.18. The maximum Gasteiger partial charge on any atom is 0.513 e. The summed E-state index contributed by atoms with van der Waals surface area (Å²) in [5.74, 6) is 1.26. The molecule has 0 spiro atoms. The number of ether oxygens (including phenoxy) is 2. The molecular weight excluding hydrogens is 320 g/mol. The fraction of sp³-hybridized carbons (Fsp3) is 0.450. The number of hydrogen-bond donors (Lipinski definition) is 1. The Balaban J connectivity index is 2.29. The zero-order valence-corrected chi connectivity index (χ0v) is 15.4. The molecule has 2 aliphatic carbocycles. The molecule has 0 N–H and O–H groups in total. The van der Waals surface area contributed by atoms with Gasteiger partial charge in [0.25, 0.3) is 0 Å². The molecule has 0 aromatic carbocycles. The van der Waals surface area contributed by atoms with E-state index in [1.54, 1.807) is 6.92 Å². The minimum Gasteiger partial charge on any atom is -0.434 e. The van der Waals surface area contributed by atoms with Crippen molar-refractivity contribution in [2.75, 3.05) is 6.61 Å². The second-order valence-electron chi connectivity index (χ2n) is 5.86. The summed E-state index contributed by atoms with van der Waals surface area (Å²) in [7, 11) is 0. The van der Waals surface area contributed by atoms with Gasteiger partial charge in [-0.1, -0.05) is 50.5 Å². The molecule has 0 bridgehead atoms. The average Bonchev–Trinajstić information content (AvgIpc) is 2.75. The van der Waals surface area contributed by atoms with E-state index >= 15 is 0 Å². The molecule has 0 fully saturated rings. The van der Waals surface area contributed by atoms with Gasteiger partial charge in [0.2, 0.25) is 0 Å². The quantitative estimate of drug-likeness (QED) is 0.368. The molecule has 0 aromatic heterocycles. The number of fused-ring (bicyclic) bond motifs is 1. The van der Waals surface area contributed by atoms with Crippen molar-refractivity contribution in [3.8, 4) is 16.9 Å². The maximum atomic E-state index is 11.7. The van der Waals surface area contributed by atoms with E-state index in [4.69, 9.17) is 9.47 Å². The van der Waals surface area contributed by atoms with Crippen LogP contribution in [0.15, 0.2) is 30.3 Å². The van der Waals surface area contributed by atoms with E-state index in [1.807, 2.05) is 18.2 Å². The van der Waals surface area contributed by atoms with Crippen LogP contribution < -0.4 is 4.74 Å². The van der Waals surface area contributed by atoms with Gasteiger partial charge in [-0.2, -0.15) is 12.6 Å². The molecule has 0 amide bonds. The van der Waals surface area contributed by atoms with Crippen molar-refractivity contribution in [2.45, 2.75) is 51.7 Å². The predicted octanol–water partition coefficient (Wildman–Crippen LogP) is 5.88. The van der Waals surface area contributed by atoms with Gasteiger partial charge in [0.1, 0.15) is 5.75 Å². The van der Waals surface area contributed by atoms with Crippen LogP contribution in [0.2, 0.25) is 0 Å². The molecule has 2 rings (SSSR count). The summed E-state index contributed by atoms with van der Waals surface area (Å²) < 4.78 is 10.3. The van der Waals surface area contributed by atoms with E-state index in [-0.39, 0.29) is 0 Å². The van der Waals surface area contributed by atoms with E-state index in [0.717, 1.165) is 29.5 Å². The number of hydrogen-bond acceptors (Lipinski definition) is 4. The summed E-state index contributed by atoms with van der Waals surface area (Å²) in [5, 5.41) is 0. The Labute approximate surface area is 150 Å². The number of unbranched alkanes of at least 4 members (excludes halogenated alkanes) is 3. The molecule has 130 valence electrons. The first-order chi connectivity index (χ1) is 11.7. The molecular formula is C20H26O3S. The molecule has 0 aliphatic heterocycles. The number of rotatable bonds is 8. The zero-order valence-electron chi connectivity index (χ0n) is 14.5. The Morgan fingerprint density at radius 2 is 1.79 bits per heavy atom. The van der Waals surface area contributed by atoms with Crippen LogP contribution in [0, 0.1) is 0 Å². The normalized spacial score (nSPS) is 10.8. The topological polar surface area (TPSA) is 35.5 Å². The number of carbonyl (C=O) groups excluding carboxylic acids is 1. The smallest absolute Gasteiger partial charge is 0.434 e. The molecule has 3 nitrogen and oxygen atoms in total. The second-order valence-corrected chi connectivity index (χ2v) is 6.17. The highest BCUT2D eigenvalue weighted by atomic mass is 32.1. The molecule has 0 aromatic rings. The van der Waals surface area contributed by atoms with Crippen LogP contribution in [0.5, 0.6) is 5.75 Å². The maximum absolute atomic E-state index is 11.7. The molecule has 4 heteroatoms. The van der Waals surface area contributed by atoms with Crippen LogP contribution >= 0.6 is 12.6 Å². The van der Waals surface area contributed by atoms with Gasteiger partial charge in [-0.3, -0.25) is 0 Å². The van der Waals surface area contributed by atoms with Gasteiger partial charge in [0.15, 0.2) is 0 Å². The Bertz CT molecular complexity index is 639. The average molecular weight is 346 g/mol. The standard InChI is InChI=1S/C20H26O3S/c1-3-5-6-7-8-16-13-19(23-20(21)22-4-2)18-12-10-15(14-24)9-11-17(16)18/h9-13,24H,3-8,14H2,1-2H3. The Kier molecular flexibility index (Phi) is 7.44. The van der Waals surface area contributed by atoms with Crippen molar-refractivity contribution < 1.29 is 14.3 Å². The van der Waals surface area contributed by atoms with Crippen molar-refractivity contribution in [3.05, 3.63) is 41.5 Å². The first-order valence-corrected chi connectivity index (χ1v) is 9.32. The zero-order chi connectivity index (χ0) is 17.4. The number of thiol groups is 1. The van der Waals surface area contributed by atoms with E-state index < -0.39 is 6.16 Å². The molecule has 0 saturated heterocycles. The van der Waals surface area contributed by atoms with Crippen LogP contribution in [-0.2, 0) is 16.9 Å². The lowest BCUT2D eigenvalue weighted by molar-refractivity contribution is 0.104. The van der Waals surface area contributed by atoms with Crippen molar-refractivity contribution >= 4 is 18.8 Å². The van der Waals surface area contributed by atoms with Gasteiger partial charge in [0.05, 0.1) is 6.61 Å². The summed E-state index contributed by atoms with van der Waals surface area (Å²) in [6, 6.07) is 10.2. The minimum absolute atomic E-state index is 0.304. The van der Waals surface area contributed by atoms with E-state index in [0.29, 0.717) is 18.1 Å². The minimum atomic E-state index is -0.650. The third kappa shape index (κ3) is 4.91. The van der Waals surface area contributed by atoms with Gasteiger partial charge < -0.3 is 9.47 Å². The lowest BCUT2D eigenvalue weighted by atomic mass is 10.0. The Hall–Kier alpha value is -1.68. The fourth-order valence-corrected chi connectivity index (χ4v) is 3.01. The summed E-state index contributed by atoms with van der Waals surface area (Å²) in [5.41, 5.74) is 4.44. The van der Waals surface area contributed by atoms with Crippen molar-refractivity contribution in [3.63, 3.8) is 0 Å². The Morgan fingerprint density at radius 1 is 1.04 bits per heavy atom. The Morgan fingerprint density at radius 3 is 2.46 bits per heavy atom. The predicted molar refractivity (Wildman–Crippen MR) is 101 cm³/mol. The first-order valence-electron chi connectivity index (χ1n) is 8.69. The van der Waals surface area contributed by atoms with Crippen molar-refractivity contribution in [1.29, 1.82) is 0 Å². The number of aryl methyl sites for hydroxylation is 1. The molecule has 2 aliphatic rings. The third-order valence-electron chi connectivity index (χ3n) is 4.07. The van der Waals surface area contributed by atoms with Crippen molar-refractivity contribution in [1.82, 2.24) is 0 Å². The second kappa shape index (κ2) is 9.58. The first kappa shape index (κ1) is 18.7. The van der Waals surface area contributed by atoms with Crippen LogP contribution in [-0.4, -0.2) is 12.8 Å². The third-order valence-corrected chi connectivity index (χ3v) is 4.44. The van der Waals surface area contributed by atoms with Crippen LogP contribution in [0.3, 0.4) is 0 Å². The number of carbonyl (C=O) groups is 1. The highest BCUT2D eigenvalue weighted by Gasteiger charge is 2.18. The lowest BCUT2D eigenvalue weighted by Gasteiger charge is -2.03. The fourth-order valence-electron chi connectivity index (χ4n) is 2.80. The summed E-state index contributed by atoms with van der Waals surface area (Å²) >= 11 is 4.34. The molecule has 0 heterocycles. The van der Waals surface area contributed by atoms with Crippen LogP contribution in [0.4, 0.5) is 4.79 Å². The van der Waals surface area contributed by atoms with E-state index in [2.05, 4.69) is 31.7 Å². The van der Waals surface area contributed by atoms with E-state index in [9.17, 15) is 4.79 Å². The molecule has 0 radical (unpaired) electrons. The highest BCUT2D eigenvalue weighted by molar-refractivity contribution is 7.79. The van der Waals surface area contributed by atoms with E-state index in [1.165, 1.54) is 24.8 Å². The molecule has 24 heavy (non-hydrogen) atoms. The van der Waals surface area contributed by atoms with Gasteiger partial charge in [-0.05, 0) is 42.5 Å². The van der Waals surface area contributed by atoms with Gasteiger partial charge in [-0.25, -0.2) is 4.79 Å². The van der Waals surface area contributed by atoms with Crippen LogP contribution in [0.25, 0.3) is 11.1 Å². The monoisotopic (exact) mass is 346 g/mol. The van der Waals surface area contributed by atoms with Crippen LogP contribution in [0.1, 0.15) is 50.7 Å². The lowest BCUT2D eigenvalue weighted by Crippen LogP contribution is -2.09. The molecule has 0 saturated carbocycles. The SMILES string of the molecule is CCCCCCc1cc(OC(=O)OCC)c2ccc(CS)ccc1-2. The van der Waals surface area contributed by atoms with Crippen molar-refractivity contribution in [2.24, 2.45) is 0 Å².